The SMILES string of the molecule is COc1cccnc1N1CC2(CN(C=O)C2)C1. The number of methoxy groups -OCH3 is 1. The number of anilines is 1. The number of likely N-dealkylation sites (tertiary alicyclic amines) is 1. The molecule has 0 atom stereocenters. The highest BCUT2D eigenvalue weighted by Gasteiger charge is 2.52. The van der Waals surface area contributed by atoms with Gasteiger partial charge in [-0.05, 0) is 12.1 Å². The second-order valence-electron chi connectivity index (χ2n) is 4.90. The van der Waals surface area contributed by atoms with Crippen LogP contribution in [0.2, 0.25) is 0 Å². The van der Waals surface area contributed by atoms with Crippen LogP contribution in [0.3, 0.4) is 0 Å². The lowest BCUT2D eigenvalue weighted by Crippen LogP contribution is -2.72. The fourth-order valence-corrected chi connectivity index (χ4v) is 2.78. The van der Waals surface area contributed by atoms with Crippen molar-refractivity contribution in [3.8, 4) is 5.75 Å². The van der Waals surface area contributed by atoms with Gasteiger partial charge in [-0.3, -0.25) is 4.79 Å². The van der Waals surface area contributed by atoms with Gasteiger partial charge in [0.25, 0.3) is 0 Å². The van der Waals surface area contributed by atoms with E-state index in [0.717, 1.165) is 44.2 Å². The summed E-state index contributed by atoms with van der Waals surface area (Å²) in [5.41, 5.74) is 0.309. The van der Waals surface area contributed by atoms with E-state index in [2.05, 4.69) is 9.88 Å². The molecule has 2 aliphatic heterocycles. The van der Waals surface area contributed by atoms with Crippen molar-refractivity contribution >= 4 is 12.2 Å². The maximum absolute atomic E-state index is 10.5. The Balaban J connectivity index is 1.67. The zero-order valence-corrected chi connectivity index (χ0v) is 9.80. The predicted molar refractivity (Wildman–Crippen MR) is 63.1 cm³/mol. The summed E-state index contributed by atoms with van der Waals surface area (Å²) < 4.78 is 5.29. The number of aromatic nitrogens is 1. The Morgan fingerprint density at radius 3 is 2.82 bits per heavy atom. The second kappa shape index (κ2) is 3.61. The van der Waals surface area contributed by atoms with Crippen molar-refractivity contribution in [1.82, 2.24) is 9.88 Å². The maximum atomic E-state index is 10.5. The lowest BCUT2D eigenvalue weighted by Gasteiger charge is -2.59. The zero-order chi connectivity index (χ0) is 11.9. The van der Waals surface area contributed by atoms with Gasteiger partial charge < -0.3 is 14.5 Å². The summed E-state index contributed by atoms with van der Waals surface area (Å²) in [7, 11) is 1.66. The topological polar surface area (TPSA) is 45.7 Å². The minimum Gasteiger partial charge on any atom is -0.493 e. The van der Waals surface area contributed by atoms with Gasteiger partial charge in [-0.25, -0.2) is 4.98 Å². The Hall–Kier alpha value is -1.78. The molecule has 0 radical (unpaired) electrons. The largest absolute Gasteiger partial charge is 0.493 e. The van der Waals surface area contributed by atoms with Crippen LogP contribution in [-0.4, -0.2) is 49.6 Å². The molecular weight excluding hydrogens is 218 g/mol. The highest BCUT2D eigenvalue weighted by Crippen LogP contribution is 2.42. The molecule has 1 spiro atoms. The monoisotopic (exact) mass is 233 g/mol. The molecule has 0 N–H and O–H groups in total. The number of amides is 1. The minimum absolute atomic E-state index is 0.309. The van der Waals surface area contributed by atoms with E-state index < -0.39 is 0 Å². The third-order valence-electron chi connectivity index (χ3n) is 3.55. The number of hydrogen-bond acceptors (Lipinski definition) is 4. The first-order valence-corrected chi connectivity index (χ1v) is 5.70. The highest BCUT2D eigenvalue weighted by atomic mass is 16.5. The van der Waals surface area contributed by atoms with Crippen LogP contribution in [0.25, 0.3) is 0 Å². The molecule has 3 rings (SSSR count). The van der Waals surface area contributed by atoms with Gasteiger partial charge in [0.1, 0.15) is 0 Å². The Bertz CT molecular complexity index is 435. The van der Waals surface area contributed by atoms with E-state index in [1.807, 2.05) is 17.0 Å². The number of carbonyl (C=O) groups is 1. The summed E-state index contributed by atoms with van der Waals surface area (Å²) >= 11 is 0. The molecule has 0 aromatic carbocycles. The Morgan fingerprint density at radius 2 is 2.18 bits per heavy atom. The molecule has 3 heterocycles. The summed E-state index contributed by atoms with van der Waals surface area (Å²) in [4.78, 5) is 18.9. The van der Waals surface area contributed by atoms with E-state index in [9.17, 15) is 4.79 Å². The number of nitrogens with zero attached hydrogens (tertiary/aromatic N) is 3. The van der Waals surface area contributed by atoms with Crippen LogP contribution in [0.4, 0.5) is 5.82 Å². The van der Waals surface area contributed by atoms with Gasteiger partial charge >= 0.3 is 0 Å². The molecule has 5 heteroatoms. The first kappa shape index (κ1) is 10.4. The van der Waals surface area contributed by atoms with Crippen LogP contribution >= 0.6 is 0 Å². The maximum Gasteiger partial charge on any atom is 0.209 e. The van der Waals surface area contributed by atoms with Crippen molar-refractivity contribution in [2.45, 2.75) is 0 Å². The molecule has 90 valence electrons. The predicted octanol–water partition coefficient (Wildman–Crippen LogP) is 0.369. The van der Waals surface area contributed by atoms with Gasteiger partial charge in [0, 0.05) is 37.8 Å². The van der Waals surface area contributed by atoms with E-state index in [4.69, 9.17) is 4.74 Å². The summed E-state index contributed by atoms with van der Waals surface area (Å²) in [5, 5.41) is 0. The summed E-state index contributed by atoms with van der Waals surface area (Å²) in [6, 6.07) is 3.79. The van der Waals surface area contributed by atoms with Crippen LogP contribution in [0.5, 0.6) is 5.75 Å². The molecule has 0 unspecified atom stereocenters. The molecule has 5 nitrogen and oxygen atoms in total. The third-order valence-corrected chi connectivity index (χ3v) is 3.55. The van der Waals surface area contributed by atoms with Gasteiger partial charge in [-0.2, -0.15) is 0 Å². The number of hydrogen-bond donors (Lipinski definition) is 0. The van der Waals surface area contributed by atoms with Gasteiger partial charge in [-0.1, -0.05) is 0 Å². The van der Waals surface area contributed by atoms with Gasteiger partial charge in [0.2, 0.25) is 6.41 Å². The van der Waals surface area contributed by atoms with Crippen molar-refractivity contribution in [2.75, 3.05) is 38.2 Å². The van der Waals surface area contributed by atoms with Crippen LogP contribution in [0, 0.1) is 5.41 Å². The smallest absolute Gasteiger partial charge is 0.209 e. The molecule has 2 saturated heterocycles. The first-order valence-electron chi connectivity index (χ1n) is 5.70. The zero-order valence-electron chi connectivity index (χ0n) is 9.80. The Labute approximate surface area is 100.0 Å². The quantitative estimate of drug-likeness (QED) is 0.708. The van der Waals surface area contributed by atoms with Crippen LogP contribution in [-0.2, 0) is 4.79 Å². The lowest BCUT2D eigenvalue weighted by molar-refractivity contribution is -0.131. The van der Waals surface area contributed by atoms with Gasteiger partial charge in [-0.15, -0.1) is 0 Å². The van der Waals surface area contributed by atoms with Crippen molar-refractivity contribution in [1.29, 1.82) is 0 Å². The molecule has 17 heavy (non-hydrogen) atoms. The number of pyridine rings is 1. The van der Waals surface area contributed by atoms with Crippen LogP contribution in [0.15, 0.2) is 18.3 Å². The van der Waals surface area contributed by atoms with Crippen LogP contribution < -0.4 is 9.64 Å². The summed E-state index contributed by atoms with van der Waals surface area (Å²) in [6.07, 6.45) is 2.70. The average Bonchev–Trinajstić information content (AvgIpc) is 2.26. The van der Waals surface area contributed by atoms with Crippen molar-refractivity contribution in [3.05, 3.63) is 18.3 Å². The molecule has 2 aliphatic rings. The Morgan fingerprint density at radius 1 is 1.41 bits per heavy atom. The summed E-state index contributed by atoms with van der Waals surface area (Å²) in [6.45, 7) is 3.68. The number of carbonyl (C=O) groups excluding carboxylic acids is 1. The fraction of sp³-hybridized carbons (Fsp3) is 0.500. The molecule has 1 aromatic rings. The average molecular weight is 233 g/mol. The summed E-state index contributed by atoms with van der Waals surface area (Å²) in [5.74, 6) is 1.72. The lowest BCUT2D eigenvalue weighted by atomic mass is 9.73. The standard InChI is InChI=1S/C12H15N3O2/c1-17-10-3-2-4-13-11(10)15-7-12(8-15)5-14(6-12)9-16/h2-4,9H,5-8H2,1H3. The van der Waals surface area contributed by atoms with E-state index in [1.165, 1.54) is 0 Å². The molecule has 0 saturated carbocycles. The fourth-order valence-electron chi connectivity index (χ4n) is 2.78. The Kier molecular flexibility index (Phi) is 2.21. The van der Waals surface area contributed by atoms with Crippen LogP contribution in [0.1, 0.15) is 0 Å². The van der Waals surface area contributed by atoms with E-state index >= 15 is 0 Å². The molecule has 1 aromatic heterocycles. The highest BCUT2D eigenvalue weighted by molar-refractivity contribution is 5.57. The van der Waals surface area contributed by atoms with E-state index in [1.54, 1.807) is 13.3 Å². The second-order valence-corrected chi connectivity index (χ2v) is 4.90. The normalized spacial score (nSPS) is 20.8. The minimum atomic E-state index is 0.309. The molecule has 2 fully saturated rings. The third kappa shape index (κ3) is 1.53. The number of rotatable bonds is 3. The molecule has 0 aliphatic carbocycles. The number of ether oxygens (including phenoxy) is 1. The molecule has 0 bridgehead atoms. The van der Waals surface area contributed by atoms with Crippen molar-refractivity contribution in [3.63, 3.8) is 0 Å². The van der Waals surface area contributed by atoms with E-state index in [0.29, 0.717) is 5.41 Å². The van der Waals surface area contributed by atoms with Gasteiger partial charge in [0.15, 0.2) is 11.6 Å². The van der Waals surface area contributed by atoms with Crippen molar-refractivity contribution < 1.29 is 9.53 Å². The van der Waals surface area contributed by atoms with E-state index in [-0.39, 0.29) is 0 Å². The molecule has 1 amide bonds. The molecular formula is C12H15N3O2. The van der Waals surface area contributed by atoms with Gasteiger partial charge in [0.05, 0.1) is 7.11 Å². The van der Waals surface area contributed by atoms with Crippen molar-refractivity contribution in [2.24, 2.45) is 5.41 Å². The first-order chi connectivity index (χ1) is 8.26.